The van der Waals surface area contributed by atoms with E-state index in [-0.39, 0.29) is 6.07 Å². The first-order valence-electron chi connectivity index (χ1n) is 3.27. The zero-order chi connectivity index (χ0) is 7.82. The summed E-state index contributed by atoms with van der Waals surface area (Å²) in [7, 11) is 0. The second kappa shape index (κ2) is 6.68. The van der Waals surface area contributed by atoms with Crippen molar-refractivity contribution in [2.45, 2.75) is 19.8 Å². The smallest absolute Gasteiger partial charge is 0.408 e. The molecule has 60 valence electrons. The molecule has 1 amide bonds. The van der Waals surface area contributed by atoms with Gasteiger partial charge >= 0.3 is 6.09 Å². The lowest BCUT2D eigenvalue weighted by Crippen LogP contribution is -2.24. The minimum absolute atomic E-state index is 0.0854. The number of hydrogen-bond donors (Lipinski definition) is 1. The first-order chi connectivity index (χ1) is 4.81. The van der Waals surface area contributed by atoms with Gasteiger partial charge in [0.15, 0.2) is 6.07 Å². The molecule has 0 aliphatic rings. The van der Waals surface area contributed by atoms with Crippen LogP contribution in [-0.2, 0) is 4.74 Å². The van der Waals surface area contributed by atoms with E-state index < -0.39 is 6.09 Å². The molecule has 0 saturated heterocycles. The summed E-state index contributed by atoms with van der Waals surface area (Å²) in [6.45, 7) is 2.71. The molecule has 0 aromatic heterocycles. The van der Waals surface area contributed by atoms with Crippen LogP contribution in [0.2, 0.25) is 0 Å². The fourth-order valence-corrected chi connectivity index (χ4v) is 0.567. The number of amides is 1. The van der Waals surface area contributed by atoms with E-state index in [1.807, 2.05) is 0 Å². The van der Waals surface area contributed by atoms with Gasteiger partial charge in [-0.15, -0.1) is 0 Å². The minimum atomic E-state index is -0.441. The highest BCUT2D eigenvalue weighted by Crippen LogP contribution is 1.84. The van der Waals surface area contributed by atoms with Crippen LogP contribution < -0.4 is 5.32 Å². The highest BCUT2D eigenvalue weighted by Gasteiger charge is 1.96. The van der Waals surface area contributed by atoms with Gasteiger partial charge in [-0.25, -0.2) is 4.79 Å². The van der Waals surface area contributed by atoms with E-state index in [1.165, 1.54) is 0 Å². The van der Waals surface area contributed by atoms with E-state index in [9.17, 15) is 4.79 Å². The number of unbranched alkanes of at least 4 members (excludes halogenated alkanes) is 1. The lowest BCUT2D eigenvalue weighted by Gasteiger charge is -2.01. The number of carbonyl (C=O) groups excluding carboxylic acids is 1. The number of nitrogens with one attached hydrogen (secondary N) is 1. The van der Waals surface area contributed by atoms with Gasteiger partial charge in [0.05, 0.1) is 0 Å². The zero-order valence-electron chi connectivity index (χ0n) is 6.02. The fourth-order valence-electron chi connectivity index (χ4n) is 0.468. The number of rotatable bonds is 4. The molecule has 3 nitrogen and oxygen atoms in total. The zero-order valence-corrected chi connectivity index (χ0v) is 6.78. The molecule has 0 heterocycles. The predicted molar refractivity (Wildman–Crippen MR) is 40.1 cm³/mol. The summed E-state index contributed by atoms with van der Waals surface area (Å²) in [5.41, 5.74) is 0. The van der Waals surface area contributed by atoms with Crippen molar-refractivity contribution in [2.24, 2.45) is 0 Å². The SMILES string of the molecule is CCCCNC(=O)OCCl. The normalized spacial score (nSPS) is 9.00. The quantitative estimate of drug-likeness (QED) is 0.509. The third kappa shape index (κ3) is 5.69. The second-order valence-electron chi connectivity index (χ2n) is 1.82. The number of halogens is 1. The molecule has 10 heavy (non-hydrogen) atoms. The van der Waals surface area contributed by atoms with Crippen LogP contribution >= 0.6 is 11.6 Å². The molecule has 0 aliphatic heterocycles. The van der Waals surface area contributed by atoms with E-state index in [0.717, 1.165) is 12.8 Å². The van der Waals surface area contributed by atoms with Crippen molar-refractivity contribution in [3.05, 3.63) is 0 Å². The number of carbonyl (C=O) groups is 1. The molecule has 0 radical (unpaired) electrons. The van der Waals surface area contributed by atoms with Gasteiger partial charge in [0.25, 0.3) is 0 Å². The Morgan fingerprint density at radius 2 is 2.40 bits per heavy atom. The van der Waals surface area contributed by atoms with Gasteiger partial charge in [-0.1, -0.05) is 24.9 Å². The van der Waals surface area contributed by atoms with Crippen molar-refractivity contribution in [1.29, 1.82) is 0 Å². The Morgan fingerprint density at radius 3 is 2.90 bits per heavy atom. The molecule has 0 unspecified atom stereocenters. The Bertz CT molecular complexity index is 97.7. The minimum Gasteiger partial charge on any atom is -0.433 e. The van der Waals surface area contributed by atoms with Crippen molar-refractivity contribution in [3.63, 3.8) is 0 Å². The molecular weight excluding hydrogens is 154 g/mol. The topological polar surface area (TPSA) is 38.3 Å². The number of hydrogen-bond acceptors (Lipinski definition) is 2. The molecule has 1 N–H and O–H groups in total. The van der Waals surface area contributed by atoms with Gasteiger partial charge in [0.2, 0.25) is 0 Å². The number of alkyl halides is 1. The average molecular weight is 166 g/mol. The maximum absolute atomic E-state index is 10.5. The lowest BCUT2D eigenvalue weighted by atomic mass is 10.3. The summed E-state index contributed by atoms with van der Waals surface area (Å²) in [5, 5.41) is 2.54. The molecule has 0 spiro atoms. The van der Waals surface area contributed by atoms with Gasteiger partial charge in [0, 0.05) is 6.54 Å². The summed E-state index contributed by atoms with van der Waals surface area (Å²) in [5.74, 6) is 0. The maximum Gasteiger partial charge on any atom is 0.408 e. The molecule has 0 fully saturated rings. The lowest BCUT2D eigenvalue weighted by molar-refractivity contribution is 0.164. The Kier molecular flexibility index (Phi) is 6.38. The summed E-state index contributed by atoms with van der Waals surface area (Å²) < 4.78 is 4.40. The molecule has 0 aromatic rings. The Hall–Kier alpha value is -0.440. The van der Waals surface area contributed by atoms with Crippen LogP contribution in [0.25, 0.3) is 0 Å². The second-order valence-corrected chi connectivity index (χ2v) is 2.04. The highest BCUT2D eigenvalue weighted by atomic mass is 35.5. The van der Waals surface area contributed by atoms with E-state index in [1.54, 1.807) is 0 Å². The highest BCUT2D eigenvalue weighted by molar-refractivity contribution is 6.17. The van der Waals surface area contributed by atoms with Crippen LogP contribution in [-0.4, -0.2) is 18.7 Å². The Labute approximate surface area is 65.7 Å². The first-order valence-corrected chi connectivity index (χ1v) is 3.81. The molecule has 0 bridgehead atoms. The standard InChI is InChI=1S/C6H12ClNO2/c1-2-3-4-8-6(9)10-5-7/h2-5H2,1H3,(H,8,9). The van der Waals surface area contributed by atoms with Crippen molar-refractivity contribution in [1.82, 2.24) is 5.32 Å². The van der Waals surface area contributed by atoms with Crippen molar-refractivity contribution < 1.29 is 9.53 Å². The van der Waals surface area contributed by atoms with Crippen molar-refractivity contribution in [3.8, 4) is 0 Å². The van der Waals surface area contributed by atoms with Crippen molar-refractivity contribution >= 4 is 17.7 Å². The summed E-state index contributed by atoms with van der Waals surface area (Å²) in [6, 6.07) is -0.0854. The molecule has 0 saturated carbocycles. The van der Waals surface area contributed by atoms with Crippen LogP contribution in [0.1, 0.15) is 19.8 Å². The Balaban J connectivity index is 3.05. The van der Waals surface area contributed by atoms with Crippen LogP contribution in [0.4, 0.5) is 4.79 Å². The Morgan fingerprint density at radius 1 is 1.70 bits per heavy atom. The van der Waals surface area contributed by atoms with Crippen LogP contribution in [0.15, 0.2) is 0 Å². The first kappa shape index (κ1) is 9.56. The monoisotopic (exact) mass is 165 g/mol. The van der Waals surface area contributed by atoms with Gasteiger partial charge in [-0.05, 0) is 6.42 Å². The third-order valence-electron chi connectivity index (χ3n) is 0.985. The average Bonchev–Trinajstić information content (AvgIpc) is 1.89. The van der Waals surface area contributed by atoms with E-state index in [2.05, 4.69) is 17.0 Å². The predicted octanol–water partition coefficient (Wildman–Crippen LogP) is 1.71. The van der Waals surface area contributed by atoms with Gasteiger partial charge in [-0.2, -0.15) is 0 Å². The van der Waals surface area contributed by atoms with Crippen LogP contribution in [0.3, 0.4) is 0 Å². The number of ether oxygens (including phenoxy) is 1. The van der Waals surface area contributed by atoms with E-state index >= 15 is 0 Å². The summed E-state index contributed by atoms with van der Waals surface area (Å²) in [4.78, 5) is 10.5. The fraction of sp³-hybridized carbons (Fsp3) is 0.833. The van der Waals surface area contributed by atoms with Gasteiger partial charge in [0.1, 0.15) is 0 Å². The van der Waals surface area contributed by atoms with Crippen LogP contribution in [0.5, 0.6) is 0 Å². The van der Waals surface area contributed by atoms with Crippen LogP contribution in [0, 0.1) is 0 Å². The van der Waals surface area contributed by atoms with Gasteiger partial charge < -0.3 is 10.1 Å². The summed E-state index contributed by atoms with van der Waals surface area (Å²) >= 11 is 5.13. The largest absolute Gasteiger partial charge is 0.433 e. The van der Waals surface area contributed by atoms with E-state index in [4.69, 9.17) is 11.6 Å². The van der Waals surface area contributed by atoms with Crippen molar-refractivity contribution in [2.75, 3.05) is 12.6 Å². The molecule has 0 aromatic carbocycles. The molecular formula is C6H12ClNO2. The number of alkyl carbamates (subject to hydrolysis) is 1. The molecule has 0 rings (SSSR count). The molecule has 0 atom stereocenters. The molecule has 4 heteroatoms. The third-order valence-corrected chi connectivity index (χ3v) is 1.09. The summed E-state index contributed by atoms with van der Waals surface area (Å²) in [6.07, 6.45) is 1.59. The van der Waals surface area contributed by atoms with Gasteiger partial charge in [-0.3, -0.25) is 0 Å². The van der Waals surface area contributed by atoms with E-state index in [0.29, 0.717) is 6.54 Å². The maximum atomic E-state index is 10.5. The molecule has 0 aliphatic carbocycles.